The van der Waals surface area contributed by atoms with Crippen molar-refractivity contribution in [2.75, 3.05) is 0 Å². The predicted octanol–water partition coefficient (Wildman–Crippen LogP) is 1.76. The summed E-state index contributed by atoms with van der Waals surface area (Å²) in [5.41, 5.74) is 0. The first kappa shape index (κ1) is 9.35. The van der Waals surface area contributed by atoms with Gasteiger partial charge in [-0.3, -0.25) is 9.59 Å². The highest BCUT2D eigenvalue weighted by molar-refractivity contribution is 8.19. The number of hydrogen-bond acceptors (Lipinski definition) is 3. The molecular weight excluding hydrogens is 192 g/mol. The van der Waals surface area contributed by atoms with E-state index in [9.17, 15) is 9.59 Å². The van der Waals surface area contributed by atoms with Crippen LogP contribution in [0.3, 0.4) is 0 Å². The van der Waals surface area contributed by atoms with Gasteiger partial charge in [0.15, 0.2) is 0 Å². The Morgan fingerprint density at radius 1 is 1.17 bits per heavy atom. The molecule has 0 radical (unpaired) electrons. The molecule has 0 amide bonds. The molecule has 0 saturated heterocycles. The van der Waals surface area contributed by atoms with Gasteiger partial charge in [-0.05, 0) is 23.9 Å². The van der Waals surface area contributed by atoms with Crippen LogP contribution >= 0.6 is 24.4 Å². The summed E-state index contributed by atoms with van der Waals surface area (Å²) in [6.45, 7) is 0. The van der Waals surface area contributed by atoms with Crippen LogP contribution in [0.5, 0.6) is 0 Å². The quantitative estimate of drug-likeness (QED) is 0.446. The van der Waals surface area contributed by atoms with Gasteiger partial charge in [0.25, 0.3) is 10.2 Å². The lowest BCUT2D eigenvalue weighted by molar-refractivity contribution is -0.126. The normalized spacial score (nSPS) is 9.42. The third kappa shape index (κ3) is 2.71. The van der Waals surface area contributed by atoms with Crippen molar-refractivity contribution >= 4 is 34.6 Å². The van der Waals surface area contributed by atoms with Crippen molar-refractivity contribution in [3.05, 3.63) is 30.3 Å². The lowest BCUT2D eigenvalue weighted by Gasteiger charge is -1.94. The van der Waals surface area contributed by atoms with Crippen LogP contribution in [0.15, 0.2) is 35.2 Å². The first-order valence-corrected chi connectivity index (χ1v) is 4.46. The molecule has 0 aromatic heterocycles. The SMILES string of the molecule is O=C(S)C(=O)Sc1ccccc1. The second-order valence-corrected chi connectivity index (χ2v) is 3.46. The molecule has 1 aromatic carbocycles. The zero-order valence-electron chi connectivity index (χ0n) is 6.06. The van der Waals surface area contributed by atoms with Gasteiger partial charge < -0.3 is 0 Å². The van der Waals surface area contributed by atoms with Gasteiger partial charge in [0.2, 0.25) is 0 Å². The molecule has 1 aromatic rings. The molecule has 4 heteroatoms. The largest absolute Gasteiger partial charge is 0.277 e. The fourth-order valence-electron chi connectivity index (χ4n) is 0.639. The second kappa shape index (κ2) is 4.33. The molecule has 0 saturated carbocycles. The summed E-state index contributed by atoms with van der Waals surface area (Å²) < 4.78 is 0. The van der Waals surface area contributed by atoms with Crippen LogP contribution in [-0.4, -0.2) is 10.2 Å². The van der Waals surface area contributed by atoms with E-state index in [1.165, 1.54) is 0 Å². The van der Waals surface area contributed by atoms with Gasteiger partial charge in [-0.25, -0.2) is 0 Å². The first-order valence-electron chi connectivity index (χ1n) is 3.20. The first-order chi connectivity index (χ1) is 5.70. The smallest absolute Gasteiger partial charge is 0.270 e. The van der Waals surface area contributed by atoms with E-state index in [1.807, 2.05) is 6.07 Å². The number of carbonyl (C=O) groups is 2. The number of thioether (sulfide) groups is 1. The van der Waals surface area contributed by atoms with Gasteiger partial charge in [0.1, 0.15) is 0 Å². The molecule has 0 aliphatic heterocycles. The van der Waals surface area contributed by atoms with Crippen LogP contribution < -0.4 is 0 Å². The molecular formula is C8H6O2S2. The molecule has 0 bridgehead atoms. The molecule has 0 unspecified atom stereocenters. The maximum atomic E-state index is 10.8. The van der Waals surface area contributed by atoms with Crippen molar-refractivity contribution in [3.63, 3.8) is 0 Å². The number of carbonyl (C=O) groups excluding carboxylic acids is 2. The van der Waals surface area contributed by atoms with Crippen LogP contribution in [0.1, 0.15) is 0 Å². The van der Waals surface area contributed by atoms with Crippen molar-refractivity contribution < 1.29 is 9.59 Å². The average molecular weight is 198 g/mol. The summed E-state index contributed by atoms with van der Waals surface area (Å²) in [6, 6.07) is 8.98. The van der Waals surface area contributed by atoms with Crippen LogP contribution in [0.4, 0.5) is 0 Å². The molecule has 62 valence electrons. The van der Waals surface area contributed by atoms with E-state index in [0.717, 1.165) is 16.7 Å². The number of rotatable bonds is 2. The molecule has 0 heterocycles. The standard InChI is InChI=1S/C8H6O2S2/c9-7(11)8(10)12-6-4-2-1-3-5-6/h1-5H,(H,9,11). The molecule has 0 aliphatic carbocycles. The topological polar surface area (TPSA) is 34.1 Å². The third-order valence-electron chi connectivity index (χ3n) is 1.13. The minimum Gasteiger partial charge on any atom is -0.277 e. The van der Waals surface area contributed by atoms with E-state index in [1.54, 1.807) is 24.3 Å². The summed E-state index contributed by atoms with van der Waals surface area (Å²) in [5, 5.41) is -1.27. The number of thiol groups is 1. The van der Waals surface area contributed by atoms with Gasteiger partial charge in [-0.15, -0.1) is 0 Å². The lowest BCUT2D eigenvalue weighted by atomic mass is 10.4. The van der Waals surface area contributed by atoms with E-state index in [0.29, 0.717) is 0 Å². The van der Waals surface area contributed by atoms with E-state index >= 15 is 0 Å². The summed E-state index contributed by atoms with van der Waals surface area (Å²) >= 11 is 4.30. The summed E-state index contributed by atoms with van der Waals surface area (Å²) in [6.07, 6.45) is 0. The Morgan fingerprint density at radius 2 is 1.75 bits per heavy atom. The Kier molecular flexibility index (Phi) is 3.37. The van der Waals surface area contributed by atoms with Crippen molar-refractivity contribution in [3.8, 4) is 0 Å². The Morgan fingerprint density at radius 3 is 2.25 bits per heavy atom. The van der Waals surface area contributed by atoms with E-state index in [4.69, 9.17) is 0 Å². The van der Waals surface area contributed by atoms with Crippen LogP contribution in [0, 0.1) is 0 Å². The Hall–Kier alpha value is -0.740. The minimum absolute atomic E-state index is 0.551. The summed E-state index contributed by atoms with van der Waals surface area (Å²) in [4.78, 5) is 22.0. The van der Waals surface area contributed by atoms with Gasteiger partial charge in [0, 0.05) is 4.90 Å². The second-order valence-electron chi connectivity index (χ2n) is 2.01. The van der Waals surface area contributed by atoms with Crippen LogP contribution in [0.2, 0.25) is 0 Å². The van der Waals surface area contributed by atoms with Crippen molar-refractivity contribution in [2.24, 2.45) is 0 Å². The fraction of sp³-hybridized carbons (Fsp3) is 0. The van der Waals surface area contributed by atoms with E-state index < -0.39 is 10.2 Å². The molecule has 2 nitrogen and oxygen atoms in total. The summed E-state index contributed by atoms with van der Waals surface area (Å²) in [5.74, 6) is 0. The maximum Gasteiger partial charge on any atom is 0.270 e. The molecule has 0 atom stereocenters. The monoisotopic (exact) mass is 198 g/mol. The fourth-order valence-corrected chi connectivity index (χ4v) is 1.37. The van der Waals surface area contributed by atoms with Gasteiger partial charge in [-0.1, -0.05) is 30.8 Å². The highest BCUT2D eigenvalue weighted by Gasteiger charge is 2.09. The van der Waals surface area contributed by atoms with E-state index in [-0.39, 0.29) is 0 Å². The minimum atomic E-state index is -0.719. The Balaban J connectivity index is 2.65. The highest BCUT2D eigenvalue weighted by atomic mass is 32.2. The summed E-state index contributed by atoms with van der Waals surface area (Å²) in [7, 11) is 0. The van der Waals surface area contributed by atoms with Crippen LogP contribution in [-0.2, 0) is 9.59 Å². The van der Waals surface area contributed by atoms with Crippen molar-refractivity contribution in [2.45, 2.75) is 4.90 Å². The highest BCUT2D eigenvalue weighted by Crippen LogP contribution is 2.18. The molecule has 0 fully saturated rings. The molecule has 0 N–H and O–H groups in total. The zero-order chi connectivity index (χ0) is 8.97. The maximum absolute atomic E-state index is 10.8. The molecule has 1 rings (SSSR count). The Bertz CT molecular complexity index is 295. The number of hydrogen-bond donors (Lipinski definition) is 1. The van der Waals surface area contributed by atoms with Crippen molar-refractivity contribution in [1.82, 2.24) is 0 Å². The van der Waals surface area contributed by atoms with E-state index in [2.05, 4.69) is 12.6 Å². The average Bonchev–Trinajstić information content (AvgIpc) is 2.06. The van der Waals surface area contributed by atoms with Gasteiger partial charge in [-0.2, -0.15) is 0 Å². The molecule has 0 spiro atoms. The zero-order valence-corrected chi connectivity index (χ0v) is 7.77. The number of benzene rings is 1. The molecule has 12 heavy (non-hydrogen) atoms. The Labute approximate surface area is 79.8 Å². The predicted molar refractivity (Wildman–Crippen MR) is 51.3 cm³/mol. The lowest BCUT2D eigenvalue weighted by Crippen LogP contribution is -2.00. The van der Waals surface area contributed by atoms with Gasteiger partial charge in [0.05, 0.1) is 0 Å². The van der Waals surface area contributed by atoms with Crippen molar-refractivity contribution in [1.29, 1.82) is 0 Å². The third-order valence-corrected chi connectivity index (χ3v) is 2.36. The van der Waals surface area contributed by atoms with Gasteiger partial charge >= 0.3 is 0 Å². The van der Waals surface area contributed by atoms with Crippen LogP contribution in [0.25, 0.3) is 0 Å². The molecule has 0 aliphatic rings.